The number of nitrogens with two attached hydrogens (primary N) is 1. The number of carbonyl (C=O) groups excluding carboxylic acids is 1. The molecule has 1 aromatic carbocycles. The molecule has 30 heavy (non-hydrogen) atoms. The Kier molecular flexibility index (Phi) is 6.43. The Morgan fingerprint density at radius 3 is 2.67 bits per heavy atom. The predicted octanol–water partition coefficient (Wildman–Crippen LogP) is 4.14. The van der Waals surface area contributed by atoms with Crippen LogP contribution in [-0.4, -0.2) is 33.3 Å². The minimum absolute atomic E-state index is 0.0953. The normalized spacial score (nSPS) is 12.5. The summed E-state index contributed by atoms with van der Waals surface area (Å²) in [6.07, 6.45) is 4.70. The van der Waals surface area contributed by atoms with Crippen molar-refractivity contribution in [2.75, 3.05) is 11.9 Å². The van der Waals surface area contributed by atoms with E-state index in [1.54, 1.807) is 48.4 Å². The van der Waals surface area contributed by atoms with Crippen LogP contribution in [0.15, 0.2) is 48.9 Å². The van der Waals surface area contributed by atoms with Crippen LogP contribution in [-0.2, 0) is 7.05 Å². The number of pyridine rings is 1. The first-order valence-electron chi connectivity index (χ1n) is 9.58. The fourth-order valence-electron chi connectivity index (χ4n) is 2.76. The Balaban J connectivity index is 1.93. The number of hydrogen-bond acceptors (Lipinski definition) is 5. The minimum atomic E-state index is -0.256. The molecule has 0 fully saturated rings. The monoisotopic (exact) mass is 427 g/mol. The van der Waals surface area contributed by atoms with Gasteiger partial charge in [-0.1, -0.05) is 32.4 Å². The zero-order chi connectivity index (χ0) is 21.9. The van der Waals surface area contributed by atoms with Crippen LogP contribution in [0.2, 0.25) is 5.02 Å². The predicted molar refractivity (Wildman–Crippen MR) is 119 cm³/mol. The maximum Gasteiger partial charge on any atom is 0.257 e. The number of carbonyl (C=O) groups is 1. The van der Waals surface area contributed by atoms with E-state index in [2.05, 4.69) is 36.2 Å². The molecule has 2 aromatic heterocycles. The molecular formula is C22H26ClN5O2. The van der Waals surface area contributed by atoms with Gasteiger partial charge in [-0.05, 0) is 35.7 Å². The fourth-order valence-corrected chi connectivity index (χ4v) is 3.03. The second kappa shape index (κ2) is 8.85. The molecule has 0 bridgehead atoms. The molecule has 0 aliphatic rings. The average Bonchev–Trinajstić information content (AvgIpc) is 3.04. The molecular weight excluding hydrogens is 402 g/mol. The highest BCUT2D eigenvalue weighted by Crippen LogP contribution is 2.37. The summed E-state index contributed by atoms with van der Waals surface area (Å²) >= 11 is 6.38. The van der Waals surface area contributed by atoms with Gasteiger partial charge in [0.1, 0.15) is 12.4 Å². The lowest BCUT2D eigenvalue weighted by Gasteiger charge is -2.27. The Hall–Kier alpha value is -2.90. The third-order valence-electron chi connectivity index (χ3n) is 4.84. The van der Waals surface area contributed by atoms with Gasteiger partial charge < -0.3 is 15.8 Å². The maximum absolute atomic E-state index is 12.5. The van der Waals surface area contributed by atoms with Crippen LogP contribution >= 0.6 is 11.6 Å². The van der Waals surface area contributed by atoms with Gasteiger partial charge in [0.2, 0.25) is 0 Å². The van der Waals surface area contributed by atoms with Crippen molar-refractivity contribution in [2.24, 2.45) is 18.2 Å². The number of hydrogen-bond donors (Lipinski definition) is 2. The smallest absolute Gasteiger partial charge is 0.257 e. The van der Waals surface area contributed by atoms with E-state index in [0.29, 0.717) is 39.9 Å². The van der Waals surface area contributed by atoms with Gasteiger partial charge in [0.25, 0.3) is 5.91 Å². The molecule has 0 spiro atoms. The fraction of sp³-hybridized carbons (Fsp3) is 0.318. The standard InChI is InChI=1S/C22H26ClN5O2/c1-22(2,3)19(24)13-30-18-8-7-15(27-21(29)14-6-5-9-25-11-14)10-16(18)20-17(23)12-26-28(20)4/h5-12,19H,13,24H2,1-4H3,(H,27,29)/t19-/m1/s1. The Bertz CT molecular complexity index is 1010. The third-order valence-corrected chi connectivity index (χ3v) is 5.12. The molecule has 0 radical (unpaired) electrons. The lowest BCUT2D eigenvalue weighted by atomic mass is 9.88. The van der Waals surface area contributed by atoms with Gasteiger partial charge in [0.15, 0.2) is 0 Å². The summed E-state index contributed by atoms with van der Waals surface area (Å²) < 4.78 is 7.72. The van der Waals surface area contributed by atoms with Crippen molar-refractivity contribution >= 4 is 23.2 Å². The van der Waals surface area contributed by atoms with E-state index in [4.69, 9.17) is 22.1 Å². The Morgan fingerprint density at radius 1 is 1.30 bits per heavy atom. The van der Waals surface area contributed by atoms with E-state index in [1.165, 1.54) is 6.20 Å². The van der Waals surface area contributed by atoms with Gasteiger partial charge in [-0.15, -0.1) is 0 Å². The van der Waals surface area contributed by atoms with Crippen molar-refractivity contribution in [2.45, 2.75) is 26.8 Å². The summed E-state index contributed by atoms with van der Waals surface area (Å²) in [5, 5.41) is 7.58. The van der Waals surface area contributed by atoms with Crippen LogP contribution in [0.1, 0.15) is 31.1 Å². The molecule has 1 amide bonds. The van der Waals surface area contributed by atoms with E-state index >= 15 is 0 Å². The molecule has 8 heteroatoms. The van der Waals surface area contributed by atoms with E-state index in [0.717, 1.165) is 0 Å². The molecule has 0 saturated carbocycles. The maximum atomic E-state index is 12.5. The Labute approximate surface area is 181 Å². The molecule has 0 unspecified atom stereocenters. The van der Waals surface area contributed by atoms with Gasteiger partial charge in [-0.2, -0.15) is 5.10 Å². The molecule has 3 aromatic rings. The highest BCUT2D eigenvalue weighted by Gasteiger charge is 2.23. The van der Waals surface area contributed by atoms with Gasteiger partial charge in [-0.3, -0.25) is 14.5 Å². The molecule has 7 nitrogen and oxygen atoms in total. The molecule has 1 atom stereocenters. The topological polar surface area (TPSA) is 95.1 Å². The quantitative estimate of drug-likeness (QED) is 0.616. The van der Waals surface area contributed by atoms with Crippen molar-refractivity contribution in [3.8, 4) is 17.0 Å². The van der Waals surface area contributed by atoms with E-state index in [9.17, 15) is 4.79 Å². The first-order chi connectivity index (χ1) is 14.2. The van der Waals surface area contributed by atoms with Crippen LogP contribution < -0.4 is 15.8 Å². The van der Waals surface area contributed by atoms with E-state index in [-0.39, 0.29) is 17.4 Å². The highest BCUT2D eigenvalue weighted by atomic mass is 35.5. The van der Waals surface area contributed by atoms with Crippen molar-refractivity contribution in [1.82, 2.24) is 14.8 Å². The molecule has 158 valence electrons. The summed E-state index contributed by atoms with van der Waals surface area (Å²) in [5.74, 6) is 0.355. The van der Waals surface area contributed by atoms with Crippen LogP contribution in [0.4, 0.5) is 5.69 Å². The number of nitrogens with one attached hydrogen (secondary N) is 1. The number of benzene rings is 1. The zero-order valence-electron chi connectivity index (χ0n) is 17.5. The van der Waals surface area contributed by atoms with Crippen LogP contribution in [0.3, 0.4) is 0 Å². The second-order valence-corrected chi connectivity index (χ2v) is 8.56. The summed E-state index contributed by atoms with van der Waals surface area (Å²) in [7, 11) is 1.80. The van der Waals surface area contributed by atoms with Crippen LogP contribution in [0.25, 0.3) is 11.3 Å². The van der Waals surface area contributed by atoms with Gasteiger partial charge in [-0.25, -0.2) is 0 Å². The van der Waals surface area contributed by atoms with Gasteiger partial charge >= 0.3 is 0 Å². The molecule has 3 N–H and O–H groups in total. The number of aromatic nitrogens is 3. The summed E-state index contributed by atoms with van der Waals surface area (Å²) in [5.41, 5.74) is 8.63. The number of aryl methyl sites for hydroxylation is 1. The molecule has 2 heterocycles. The number of anilines is 1. The van der Waals surface area contributed by atoms with E-state index < -0.39 is 0 Å². The second-order valence-electron chi connectivity index (χ2n) is 8.16. The third kappa shape index (κ3) is 4.98. The number of amides is 1. The number of halogens is 1. The van der Waals surface area contributed by atoms with Gasteiger partial charge in [0.05, 0.1) is 22.5 Å². The molecule has 3 rings (SSSR count). The molecule has 0 aliphatic carbocycles. The lowest BCUT2D eigenvalue weighted by Crippen LogP contribution is -2.40. The van der Waals surface area contributed by atoms with Crippen molar-refractivity contribution in [1.29, 1.82) is 0 Å². The Morgan fingerprint density at radius 2 is 2.07 bits per heavy atom. The summed E-state index contributed by atoms with van der Waals surface area (Å²) in [6.45, 7) is 6.54. The van der Waals surface area contributed by atoms with Crippen molar-refractivity contribution < 1.29 is 9.53 Å². The molecule has 0 saturated heterocycles. The van der Waals surface area contributed by atoms with Crippen LogP contribution in [0, 0.1) is 5.41 Å². The summed E-state index contributed by atoms with van der Waals surface area (Å²) in [6, 6.07) is 8.65. The minimum Gasteiger partial charge on any atom is -0.491 e. The first-order valence-corrected chi connectivity index (χ1v) is 9.96. The number of nitrogens with zero attached hydrogens (tertiary/aromatic N) is 3. The SMILES string of the molecule is Cn1ncc(Cl)c1-c1cc(NC(=O)c2cccnc2)ccc1OC[C@@H](N)C(C)(C)C. The zero-order valence-corrected chi connectivity index (χ0v) is 18.3. The number of ether oxygens (including phenoxy) is 1. The summed E-state index contributed by atoms with van der Waals surface area (Å²) in [4.78, 5) is 16.5. The van der Waals surface area contributed by atoms with Crippen molar-refractivity contribution in [3.63, 3.8) is 0 Å². The first kappa shape index (κ1) is 21.8. The average molecular weight is 428 g/mol. The largest absolute Gasteiger partial charge is 0.491 e. The van der Waals surface area contributed by atoms with Crippen LogP contribution in [0.5, 0.6) is 5.75 Å². The number of rotatable bonds is 6. The van der Waals surface area contributed by atoms with Gasteiger partial charge in [0, 0.05) is 36.7 Å². The highest BCUT2D eigenvalue weighted by molar-refractivity contribution is 6.33. The molecule has 0 aliphatic heterocycles. The van der Waals surface area contributed by atoms with E-state index in [1.807, 2.05) is 6.07 Å². The lowest BCUT2D eigenvalue weighted by molar-refractivity contribution is 0.102. The van der Waals surface area contributed by atoms with Crippen molar-refractivity contribution in [3.05, 3.63) is 59.5 Å².